The Labute approximate surface area is 109 Å². The maximum Gasteiger partial charge on any atom is 0.137 e. The highest BCUT2D eigenvalue weighted by Gasteiger charge is 2.24. The SMILES string of the molecule is OC1C=C(c2nccc3occc23)c2ccccc21. The average Bonchev–Trinajstić information content (AvgIpc) is 3.04. The Morgan fingerprint density at radius 1 is 1.11 bits per heavy atom. The molecule has 1 aliphatic rings. The van der Waals surface area contributed by atoms with E-state index in [0.717, 1.165) is 33.4 Å². The van der Waals surface area contributed by atoms with Gasteiger partial charge in [-0.1, -0.05) is 24.3 Å². The van der Waals surface area contributed by atoms with E-state index in [9.17, 15) is 5.11 Å². The number of rotatable bonds is 1. The zero-order valence-corrected chi connectivity index (χ0v) is 10.1. The maximum atomic E-state index is 10.1. The molecule has 0 saturated heterocycles. The first-order chi connectivity index (χ1) is 9.34. The number of hydrogen-bond donors (Lipinski definition) is 1. The minimum atomic E-state index is -0.560. The molecule has 0 bridgehead atoms. The lowest BCUT2D eigenvalue weighted by atomic mass is 10.0. The van der Waals surface area contributed by atoms with Gasteiger partial charge in [0.2, 0.25) is 0 Å². The molecule has 0 amide bonds. The molecule has 3 nitrogen and oxygen atoms in total. The van der Waals surface area contributed by atoms with Gasteiger partial charge in [-0.3, -0.25) is 4.98 Å². The molecule has 0 fully saturated rings. The van der Waals surface area contributed by atoms with E-state index in [1.165, 1.54) is 0 Å². The molecule has 0 radical (unpaired) electrons. The zero-order valence-electron chi connectivity index (χ0n) is 10.1. The minimum Gasteiger partial charge on any atom is -0.464 e. The summed E-state index contributed by atoms with van der Waals surface area (Å²) in [5.74, 6) is 0. The molecule has 1 atom stereocenters. The maximum absolute atomic E-state index is 10.1. The molecule has 92 valence electrons. The van der Waals surface area contributed by atoms with Crippen molar-refractivity contribution in [3.05, 3.63) is 71.8 Å². The van der Waals surface area contributed by atoms with Crippen molar-refractivity contribution >= 4 is 16.5 Å². The van der Waals surface area contributed by atoms with Crippen LogP contribution in [-0.2, 0) is 0 Å². The average molecular weight is 249 g/mol. The lowest BCUT2D eigenvalue weighted by Gasteiger charge is -2.06. The van der Waals surface area contributed by atoms with E-state index in [1.54, 1.807) is 12.5 Å². The van der Waals surface area contributed by atoms with Gasteiger partial charge in [0.05, 0.1) is 18.1 Å². The molecule has 3 aromatic rings. The molecule has 3 heteroatoms. The predicted octanol–water partition coefficient (Wildman–Crippen LogP) is 3.31. The smallest absolute Gasteiger partial charge is 0.137 e. The van der Waals surface area contributed by atoms with Crippen molar-refractivity contribution in [1.29, 1.82) is 0 Å². The summed E-state index contributed by atoms with van der Waals surface area (Å²) in [6, 6.07) is 11.6. The molecule has 1 aliphatic carbocycles. The van der Waals surface area contributed by atoms with Gasteiger partial charge in [0.15, 0.2) is 0 Å². The molecule has 1 N–H and O–H groups in total. The lowest BCUT2D eigenvalue weighted by molar-refractivity contribution is 0.232. The van der Waals surface area contributed by atoms with Crippen LogP contribution in [0, 0.1) is 0 Å². The van der Waals surface area contributed by atoms with E-state index in [-0.39, 0.29) is 0 Å². The molecule has 4 rings (SSSR count). The molecule has 2 heterocycles. The summed E-state index contributed by atoms with van der Waals surface area (Å²) in [6.45, 7) is 0. The highest BCUT2D eigenvalue weighted by Crippen LogP contribution is 2.39. The summed E-state index contributed by atoms with van der Waals surface area (Å²) >= 11 is 0. The highest BCUT2D eigenvalue weighted by atomic mass is 16.3. The summed E-state index contributed by atoms with van der Waals surface area (Å²) in [7, 11) is 0. The second kappa shape index (κ2) is 3.80. The normalized spacial score (nSPS) is 17.5. The monoisotopic (exact) mass is 249 g/mol. The molecule has 1 unspecified atom stereocenters. The summed E-state index contributed by atoms with van der Waals surface area (Å²) in [5.41, 5.74) is 4.60. The number of furan rings is 1. The van der Waals surface area contributed by atoms with Crippen molar-refractivity contribution in [1.82, 2.24) is 4.98 Å². The first kappa shape index (κ1) is 10.5. The van der Waals surface area contributed by atoms with Gasteiger partial charge in [-0.05, 0) is 29.3 Å². The summed E-state index contributed by atoms with van der Waals surface area (Å²) in [4.78, 5) is 4.46. The largest absolute Gasteiger partial charge is 0.464 e. The van der Waals surface area contributed by atoms with E-state index in [2.05, 4.69) is 4.98 Å². The summed E-state index contributed by atoms with van der Waals surface area (Å²) < 4.78 is 5.40. The number of hydrogen-bond acceptors (Lipinski definition) is 3. The molecule has 19 heavy (non-hydrogen) atoms. The molecular formula is C16H11NO2. The Kier molecular flexibility index (Phi) is 2.11. The number of nitrogens with zero attached hydrogens (tertiary/aromatic N) is 1. The van der Waals surface area contributed by atoms with Gasteiger partial charge in [-0.2, -0.15) is 0 Å². The zero-order chi connectivity index (χ0) is 12.8. The lowest BCUT2D eigenvalue weighted by Crippen LogP contribution is -1.91. The quantitative estimate of drug-likeness (QED) is 0.719. The van der Waals surface area contributed by atoms with E-state index < -0.39 is 6.10 Å². The Morgan fingerprint density at radius 3 is 2.95 bits per heavy atom. The molecule has 0 spiro atoms. The topological polar surface area (TPSA) is 46.3 Å². The summed E-state index contributed by atoms with van der Waals surface area (Å²) in [6.07, 6.45) is 4.68. The number of fused-ring (bicyclic) bond motifs is 2. The number of benzene rings is 1. The van der Waals surface area contributed by atoms with Gasteiger partial charge in [0.25, 0.3) is 0 Å². The molecule has 0 saturated carbocycles. The van der Waals surface area contributed by atoms with Crippen molar-refractivity contribution in [2.45, 2.75) is 6.10 Å². The molecule has 2 aromatic heterocycles. The Morgan fingerprint density at radius 2 is 2.00 bits per heavy atom. The number of aliphatic hydroxyl groups is 1. The van der Waals surface area contributed by atoms with Gasteiger partial charge >= 0.3 is 0 Å². The molecule has 1 aromatic carbocycles. The first-order valence-corrected chi connectivity index (χ1v) is 6.16. The second-order valence-electron chi connectivity index (χ2n) is 4.60. The van der Waals surface area contributed by atoms with Gasteiger partial charge in [-0.25, -0.2) is 0 Å². The van der Waals surface area contributed by atoms with Crippen molar-refractivity contribution in [2.24, 2.45) is 0 Å². The van der Waals surface area contributed by atoms with Gasteiger partial charge in [0, 0.05) is 17.2 Å². The molecule has 0 aliphatic heterocycles. The van der Waals surface area contributed by atoms with Crippen molar-refractivity contribution < 1.29 is 9.52 Å². The van der Waals surface area contributed by atoms with Crippen LogP contribution in [0.5, 0.6) is 0 Å². The standard InChI is InChI=1S/C16H11NO2/c18-14-9-13(10-3-1-2-4-11(10)14)16-12-6-8-19-15(12)5-7-17-16/h1-9,14,18H. The Hall–Kier alpha value is -2.39. The van der Waals surface area contributed by atoms with Crippen LogP contribution in [0.15, 0.2) is 59.4 Å². The summed E-state index contributed by atoms with van der Waals surface area (Å²) in [5, 5.41) is 11.1. The third-order valence-corrected chi connectivity index (χ3v) is 3.53. The second-order valence-corrected chi connectivity index (χ2v) is 4.60. The van der Waals surface area contributed by atoms with Crippen molar-refractivity contribution in [3.63, 3.8) is 0 Å². The number of aliphatic hydroxyl groups excluding tert-OH is 1. The van der Waals surface area contributed by atoms with Gasteiger partial charge in [-0.15, -0.1) is 0 Å². The van der Waals surface area contributed by atoms with E-state index in [0.29, 0.717) is 0 Å². The van der Waals surface area contributed by atoms with E-state index >= 15 is 0 Å². The molecular weight excluding hydrogens is 238 g/mol. The van der Waals surface area contributed by atoms with Crippen LogP contribution in [0.4, 0.5) is 0 Å². The fourth-order valence-electron chi connectivity index (χ4n) is 2.65. The van der Waals surface area contributed by atoms with Gasteiger partial charge < -0.3 is 9.52 Å². The third-order valence-electron chi connectivity index (χ3n) is 3.53. The van der Waals surface area contributed by atoms with Crippen LogP contribution in [0.3, 0.4) is 0 Å². The number of pyridine rings is 1. The van der Waals surface area contributed by atoms with Crippen molar-refractivity contribution in [3.8, 4) is 0 Å². The predicted molar refractivity (Wildman–Crippen MR) is 72.5 cm³/mol. The third kappa shape index (κ3) is 1.45. The minimum absolute atomic E-state index is 0.560. The Balaban J connectivity index is 1.99. The Bertz CT molecular complexity index is 801. The van der Waals surface area contributed by atoms with Gasteiger partial charge in [0.1, 0.15) is 5.58 Å². The van der Waals surface area contributed by atoms with Crippen LogP contribution in [0.2, 0.25) is 0 Å². The fraction of sp³-hybridized carbons (Fsp3) is 0.0625. The van der Waals surface area contributed by atoms with Crippen LogP contribution < -0.4 is 0 Å². The number of aromatic nitrogens is 1. The van der Waals surface area contributed by atoms with Crippen molar-refractivity contribution in [2.75, 3.05) is 0 Å². The van der Waals surface area contributed by atoms with Crippen LogP contribution in [-0.4, -0.2) is 10.1 Å². The van der Waals surface area contributed by atoms with Crippen LogP contribution in [0.1, 0.15) is 22.9 Å². The first-order valence-electron chi connectivity index (χ1n) is 6.16. The van der Waals surface area contributed by atoms with Crippen LogP contribution >= 0.6 is 0 Å². The van der Waals surface area contributed by atoms with E-state index in [1.807, 2.05) is 42.5 Å². The highest BCUT2D eigenvalue weighted by molar-refractivity contribution is 5.96. The van der Waals surface area contributed by atoms with E-state index in [4.69, 9.17) is 4.42 Å². The fourth-order valence-corrected chi connectivity index (χ4v) is 2.65. The van der Waals surface area contributed by atoms with Crippen LogP contribution in [0.25, 0.3) is 16.5 Å².